The number of nitrogens with one attached hydrogen (secondary N) is 1. The second-order valence-corrected chi connectivity index (χ2v) is 12.6. The third-order valence-corrected chi connectivity index (χ3v) is 8.44. The molecule has 4 heteroatoms. The number of amides is 1. The molecule has 0 aromatic carbocycles. The number of rotatable bonds is 33. The zero-order valence-corrected chi connectivity index (χ0v) is 28.3. The fraction of sp³-hybridized carbons (Fsp3) is 0.868. The van der Waals surface area contributed by atoms with Gasteiger partial charge in [-0.25, -0.2) is 0 Å². The second kappa shape index (κ2) is 34.4. The summed E-state index contributed by atoms with van der Waals surface area (Å²) in [5.74, 6) is -0.0921. The van der Waals surface area contributed by atoms with Crippen molar-refractivity contribution in [2.45, 2.75) is 206 Å². The smallest absolute Gasteiger partial charge is 0.220 e. The molecule has 3 N–H and O–H groups in total. The Morgan fingerprint density at radius 1 is 0.548 bits per heavy atom. The van der Waals surface area contributed by atoms with Crippen molar-refractivity contribution in [3.05, 3.63) is 24.3 Å². The lowest BCUT2D eigenvalue weighted by atomic mass is 10.0. The highest BCUT2D eigenvalue weighted by Crippen LogP contribution is 2.15. The highest BCUT2D eigenvalue weighted by Gasteiger charge is 2.17. The zero-order valence-electron chi connectivity index (χ0n) is 28.3. The number of carbonyl (C=O) groups excluding carboxylic acids is 1. The van der Waals surface area contributed by atoms with E-state index < -0.39 is 12.1 Å². The van der Waals surface area contributed by atoms with Crippen molar-refractivity contribution in [1.29, 1.82) is 0 Å². The first kappa shape index (κ1) is 40.9. The minimum Gasteiger partial charge on any atom is -0.394 e. The van der Waals surface area contributed by atoms with Crippen LogP contribution in [0.15, 0.2) is 24.3 Å². The average Bonchev–Trinajstić information content (AvgIpc) is 2.99. The van der Waals surface area contributed by atoms with Crippen LogP contribution in [0.25, 0.3) is 0 Å². The van der Waals surface area contributed by atoms with Gasteiger partial charge in [0, 0.05) is 6.42 Å². The minimum absolute atomic E-state index is 0.0921. The standard InChI is InChI=1S/C38H73NO3/c1-3-5-7-9-10-11-12-13-14-15-16-17-18-19-20-21-22-23-24-25-26-27-28-29-30-31-33-37(41)36(35-40)39-38(42)34-32-8-6-4-2/h27-28,31,33,36-37,40-41H,3-26,29-30,32,34-35H2,1-2H3,(H,39,42)/b28-27+,33-31+. The van der Waals surface area contributed by atoms with Crippen LogP contribution < -0.4 is 5.32 Å². The van der Waals surface area contributed by atoms with Crippen molar-refractivity contribution in [3.8, 4) is 0 Å². The molecule has 0 saturated carbocycles. The number of hydrogen-bond acceptors (Lipinski definition) is 3. The van der Waals surface area contributed by atoms with Gasteiger partial charge in [-0.05, 0) is 32.1 Å². The van der Waals surface area contributed by atoms with Gasteiger partial charge in [0.1, 0.15) is 0 Å². The van der Waals surface area contributed by atoms with Crippen LogP contribution in [0.4, 0.5) is 0 Å². The highest BCUT2D eigenvalue weighted by molar-refractivity contribution is 5.76. The maximum Gasteiger partial charge on any atom is 0.220 e. The molecule has 2 unspecified atom stereocenters. The van der Waals surface area contributed by atoms with Crippen molar-refractivity contribution in [2.75, 3.05) is 6.61 Å². The molecule has 0 bridgehead atoms. The van der Waals surface area contributed by atoms with Gasteiger partial charge in [-0.15, -0.1) is 0 Å². The molecule has 0 aromatic heterocycles. The number of carbonyl (C=O) groups is 1. The molecule has 0 aromatic rings. The van der Waals surface area contributed by atoms with E-state index in [1.807, 2.05) is 6.08 Å². The topological polar surface area (TPSA) is 69.6 Å². The van der Waals surface area contributed by atoms with Crippen molar-refractivity contribution in [2.24, 2.45) is 0 Å². The van der Waals surface area contributed by atoms with Gasteiger partial charge in [0.05, 0.1) is 18.8 Å². The summed E-state index contributed by atoms with van der Waals surface area (Å²) in [4.78, 5) is 12.0. The fourth-order valence-electron chi connectivity index (χ4n) is 5.55. The van der Waals surface area contributed by atoms with Gasteiger partial charge in [-0.3, -0.25) is 4.79 Å². The Morgan fingerprint density at radius 3 is 1.38 bits per heavy atom. The van der Waals surface area contributed by atoms with E-state index in [2.05, 4.69) is 31.3 Å². The molecule has 0 spiro atoms. The lowest BCUT2D eigenvalue weighted by molar-refractivity contribution is -0.123. The van der Waals surface area contributed by atoms with Gasteiger partial charge in [0.25, 0.3) is 0 Å². The third kappa shape index (κ3) is 30.3. The largest absolute Gasteiger partial charge is 0.394 e. The minimum atomic E-state index is -0.854. The predicted molar refractivity (Wildman–Crippen MR) is 184 cm³/mol. The van der Waals surface area contributed by atoms with Crippen molar-refractivity contribution in [3.63, 3.8) is 0 Å². The van der Waals surface area contributed by atoms with E-state index in [4.69, 9.17) is 0 Å². The van der Waals surface area contributed by atoms with Crippen molar-refractivity contribution in [1.82, 2.24) is 5.32 Å². The summed E-state index contributed by atoms with van der Waals surface area (Å²) in [7, 11) is 0. The molecule has 42 heavy (non-hydrogen) atoms. The number of aliphatic hydroxyl groups is 2. The average molecular weight is 592 g/mol. The molecule has 0 aliphatic carbocycles. The molecule has 0 saturated heterocycles. The van der Waals surface area contributed by atoms with E-state index in [1.54, 1.807) is 6.08 Å². The van der Waals surface area contributed by atoms with Gasteiger partial charge in [0.2, 0.25) is 5.91 Å². The van der Waals surface area contributed by atoms with E-state index in [1.165, 1.54) is 128 Å². The van der Waals surface area contributed by atoms with E-state index in [0.29, 0.717) is 6.42 Å². The molecule has 0 heterocycles. The van der Waals surface area contributed by atoms with Crippen LogP contribution in [-0.2, 0) is 4.79 Å². The zero-order chi connectivity index (χ0) is 30.8. The Kier molecular flexibility index (Phi) is 33.4. The lowest BCUT2D eigenvalue weighted by Gasteiger charge is -2.19. The van der Waals surface area contributed by atoms with Gasteiger partial charge in [-0.2, -0.15) is 0 Å². The summed E-state index contributed by atoms with van der Waals surface area (Å²) < 4.78 is 0. The molecule has 0 radical (unpaired) electrons. The third-order valence-electron chi connectivity index (χ3n) is 8.44. The number of allylic oxidation sites excluding steroid dienone is 3. The summed E-state index contributed by atoms with van der Waals surface area (Å²) in [6, 6.07) is -0.630. The summed E-state index contributed by atoms with van der Waals surface area (Å²) in [6.07, 6.45) is 43.3. The summed E-state index contributed by atoms with van der Waals surface area (Å²) in [5.41, 5.74) is 0. The molecule has 248 valence electrons. The van der Waals surface area contributed by atoms with Crippen LogP contribution in [-0.4, -0.2) is 34.9 Å². The van der Waals surface area contributed by atoms with E-state index in [-0.39, 0.29) is 12.5 Å². The van der Waals surface area contributed by atoms with E-state index in [0.717, 1.165) is 44.9 Å². The fourth-order valence-corrected chi connectivity index (χ4v) is 5.55. The van der Waals surface area contributed by atoms with Gasteiger partial charge in [0.15, 0.2) is 0 Å². The molecule has 4 nitrogen and oxygen atoms in total. The maximum atomic E-state index is 12.0. The van der Waals surface area contributed by atoms with Crippen LogP contribution in [0.1, 0.15) is 194 Å². The first-order valence-electron chi connectivity index (χ1n) is 18.6. The van der Waals surface area contributed by atoms with Crippen LogP contribution >= 0.6 is 0 Å². The predicted octanol–water partition coefficient (Wildman–Crippen LogP) is 10.9. The number of unbranched alkanes of at least 4 members (excludes halogenated alkanes) is 24. The Morgan fingerprint density at radius 2 is 0.929 bits per heavy atom. The number of hydrogen-bond donors (Lipinski definition) is 3. The highest BCUT2D eigenvalue weighted by atomic mass is 16.3. The van der Waals surface area contributed by atoms with Gasteiger partial charge in [-0.1, -0.05) is 179 Å². The van der Waals surface area contributed by atoms with E-state index in [9.17, 15) is 15.0 Å². The van der Waals surface area contributed by atoms with Crippen LogP contribution in [0.5, 0.6) is 0 Å². The van der Waals surface area contributed by atoms with Gasteiger partial charge < -0.3 is 15.5 Å². The molecular weight excluding hydrogens is 518 g/mol. The Labute approximate surface area is 262 Å². The Bertz CT molecular complexity index is 603. The molecule has 2 atom stereocenters. The second-order valence-electron chi connectivity index (χ2n) is 12.6. The quantitative estimate of drug-likeness (QED) is 0.0525. The summed E-state index contributed by atoms with van der Waals surface area (Å²) in [5, 5.41) is 22.6. The Balaban J connectivity index is 3.45. The normalized spacial score (nSPS) is 13.3. The molecule has 0 fully saturated rings. The molecule has 0 aliphatic heterocycles. The number of aliphatic hydroxyl groups excluding tert-OH is 2. The van der Waals surface area contributed by atoms with Crippen LogP contribution in [0.3, 0.4) is 0 Å². The molecule has 1 amide bonds. The van der Waals surface area contributed by atoms with Crippen molar-refractivity contribution >= 4 is 5.91 Å². The summed E-state index contributed by atoms with van der Waals surface area (Å²) >= 11 is 0. The lowest BCUT2D eigenvalue weighted by Crippen LogP contribution is -2.45. The maximum absolute atomic E-state index is 12.0. The van der Waals surface area contributed by atoms with Crippen molar-refractivity contribution < 1.29 is 15.0 Å². The molecular formula is C38H73NO3. The van der Waals surface area contributed by atoms with Gasteiger partial charge >= 0.3 is 0 Å². The molecule has 0 aliphatic rings. The molecule has 0 rings (SSSR count). The first-order chi connectivity index (χ1) is 20.7. The van der Waals surface area contributed by atoms with Crippen LogP contribution in [0.2, 0.25) is 0 Å². The van der Waals surface area contributed by atoms with Crippen LogP contribution in [0, 0.1) is 0 Å². The van der Waals surface area contributed by atoms with E-state index >= 15 is 0 Å². The monoisotopic (exact) mass is 592 g/mol. The summed E-state index contributed by atoms with van der Waals surface area (Å²) in [6.45, 7) is 4.18. The first-order valence-corrected chi connectivity index (χ1v) is 18.6. The Hall–Kier alpha value is -1.13. The SMILES string of the molecule is CCCCCCCCCCCCCCCCCCCCCC/C=C/CC/C=C/C(O)C(CO)NC(=O)CCCCCC.